The standard InChI is InChI=1S/C22H34ClNO5S/c1-22(2,3)30(26,27)24-18-11-9-15(10-12-18)20(25)14-19(21(28-4)29-5)16-7-6-8-17(23)13-16/h6-8,13,15,18-19,21,24H,9-12,14H2,1-5H3/t15-,18-,19?. The van der Waals surface area contributed by atoms with E-state index in [-0.39, 0.29) is 30.1 Å². The molecule has 0 heterocycles. The number of Topliss-reactive ketones (excluding diaryl/α,β-unsaturated/α-hetero) is 1. The zero-order valence-electron chi connectivity index (χ0n) is 18.5. The van der Waals surface area contributed by atoms with Crippen molar-refractivity contribution in [3.63, 3.8) is 0 Å². The Morgan fingerprint density at radius 1 is 1.17 bits per heavy atom. The van der Waals surface area contributed by atoms with Crippen LogP contribution >= 0.6 is 11.6 Å². The average Bonchev–Trinajstić information content (AvgIpc) is 2.67. The lowest BCUT2D eigenvalue weighted by Gasteiger charge is -2.32. The summed E-state index contributed by atoms with van der Waals surface area (Å²) in [5.41, 5.74) is 0.899. The number of rotatable bonds is 9. The highest BCUT2D eigenvalue weighted by Gasteiger charge is 2.35. The van der Waals surface area contributed by atoms with Crippen LogP contribution in [0.15, 0.2) is 24.3 Å². The Kier molecular flexibility index (Phi) is 8.89. The van der Waals surface area contributed by atoms with Crippen LogP contribution in [0.1, 0.15) is 64.4 Å². The minimum absolute atomic E-state index is 0.0866. The maximum atomic E-state index is 13.1. The van der Waals surface area contributed by atoms with Crippen molar-refractivity contribution in [2.75, 3.05) is 14.2 Å². The van der Waals surface area contributed by atoms with Crippen LogP contribution in [0.3, 0.4) is 0 Å². The zero-order valence-corrected chi connectivity index (χ0v) is 20.1. The third-order valence-corrected chi connectivity index (χ3v) is 8.29. The van der Waals surface area contributed by atoms with Gasteiger partial charge < -0.3 is 9.47 Å². The van der Waals surface area contributed by atoms with Crippen molar-refractivity contribution in [2.45, 2.75) is 75.9 Å². The molecule has 0 saturated heterocycles. The molecule has 1 aliphatic rings. The van der Waals surface area contributed by atoms with Crippen molar-refractivity contribution >= 4 is 27.4 Å². The number of nitrogens with one attached hydrogen (secondary N) is 1. The van der Waals surface area contributed by atoms with E-state index in [2.05, 4.69) is 4.72 Å². The molecule has 1 saturated carbocycles. The van der Waals surface area contributed by atoms with Crippen LogP contribution in [-0.2, 0) is 24.3 Å². The Bertz CT molecular complexity index is 809. The number of hydrogen-bond donors (Lipinski definition) is 1. The van der Waals surface area contributed by atoms with Gasteiger partial charge in [-0.1, -0.05) is 23.7 Å². The molecule has 1 aliphatic carbocycles. The van der Waals surface area contributed by atoms with Crippen LogP contribution in [0.5, 0.6) is 0 Å². The van der Waals surface area contributed by atoms with Gasteiger partial charge in [0.15, 0.2) is 6.29 Å². The Labute approximate surface area is 185 Å². The summed E-state index contributed by atoms with van der Waals surface area (Å²) in [5, 5.41) is 0.600. The molecule has 0 bridgehead atoms. The van der Waals surface area contributed by atoms with Crippen molar-refractivity contribution in [1.29, 1.82) is 0 Å². The Hall–Kier alpha value is -0.990. The van der Waals surface area contributed by atoms with E-state index in [1.165, 1.54) is 0 Å². The van der Waals surface area contributed by atoms with Crippen LogP contribution in [0.25, 0.3) is 0 Å². The molecule has 30 heavy (non-hydrogen) atoms. The number of benzene rings is 1. The molecule has 0 aromatic heterocycles. The van der Waals surface area contributed by atoms with E-state index in [4.69, 9.17) is 21.1 Å². The van der Waals surface area contributed by atoms with Crippen LogP contribution in [0.2, 0.25) is 5.02 Å². The summed E-state index contributed by atoms with van der Waals surface area (Å²) >= 11 is 6.14. The van der Waals surface area contributed by atoms with Gasteiger partial charge in [-0.25, -0.2) is 13.1 Å². The summed E-state index contributed by atoms with van der Waals surface area (Å²) in [6.07, 6.45) is 2.39. The SMILES string of the molecule is COC(OC)C(CC(=O)[C@H]1CC[C@H](NS(=O)(=O)C(C)(C)C)CC1)c1cccc(Cl)c1. The molecule has 1 aromatic carbocycles. The lowest BCUT2D eigenvalue weighted by molar-refractivity contribution is -0.136. The molecule has 0 aliphatic heterocycles. The second kappa shape index (κ2) is 10.6. The summed E-state index contributed by atoms with van der Waals surface area (Å²) in [7, 11) is -0.276. The van der Waals surface area contributed by atoms with Crippen molar-refractivity contribution in [3.8, 4) is 0 Å². The molecule has 0 spiro atoms. The van der Waals surface area contributed by atoms with Gasteiger partial charge in [-0.2, -0.15) is 0 Å². The molecule has 1 unspecified atom stereocenters. The van der Waals surface area contributed by atoms with Gasteiger partial charge in [0.1, 0.15) is 5.78 Å². The first-order chi connectivity index (χ1) is 14.0. The molecule has 0 amide bonds. The third kappa shape index (κ3) is 6.50. The number of sulfonamides is 1. The van der Waals surface area contributed by atoms with Gasteiger partial charge in [0, 0.05) is 43.5 Å². The van der Waals surface area contributed by atoms with Crippen molar-refractivity contribution in [2.24, 2.45) is 5.92 Å². The summed E-state index contributed by atoms with van der Waals surface area (Å²) in [6.45, 7) is 5.05. The van der Waals surface area contributed by atoms with E-state index in [0.717, 1.165) is 5.56 Å². The van der Waals surface area contributed by atoms with Gasteiger partial charge in [-0.3, -0.25) is 4.79 Å². The van der Waals surface area contributed by atoms with Crippen molar-refractivity contribution in [1.82, 2.24) is 4.72 Å². The van der Waals surface area contributed by atoms with Gasteiger partial charge in [-0.15, -0.1) is 0 Å². The van der Waals surface area contributed by atoms with Crippen molar-refractivity contribution in [3.05, 3.63) is 34.9 Å². The molecule has 8 heteroatoms. The van der Waals surface area contributed by atoms with Crippen LogP contribution in [0, 0.1) is 5.92 Å². The first kappa shape index (κ1) is 25.3. The normalized spacial score (nSPS) is 21.6. The van der Waals surface area contributed by atoms with Crippen LogP contribution in [0.4, 0.5) is 0 Å². The van der Waals surface area contributed by atoms with E-state index in [1.54, 1.807) is 41.1 Å². The summed E-state index contributed by atoms with van der Waals surface area (Å²) in [6, 6.07) is 7.28. The molecule has 1 aromatic rings. The fraction of sp³-hybridized carbons (Fsp3) is 0.682. The van der Waals surface area contributed by atoms with E-state index in [1.807, 2.05) is 18.2 Å². The predicted molar refractivity (Wildman–Crippen MR) is 119 cm³/mol. The van der Waals surface area contributed by atoms with E-state index in [0.29, 0.717) is 30.7 Å². The van der Waals surface area contributed by atoms with E-state index in [9.17, 15) is 13.2 Å². The minimum atomic E-state index is -3.39. The Balaban J connectivity index is 2.02. The molecule has 1 fully saturated rings. The molecule has 170 valence electrons. The fourth-order valence-electron chi connectivity index (χ4n) is 3.85. The first-order valence-electron chi connectivity index (χ1n) is 10.3. The maximum absolute atomic E-state index is 13.1. The van der Waals surface area contributed by atoms with Gasteiger partial charge in [0.05, 0.1) is 4.75 Å². The maximum Gasteiger partial charge on any atom is 0.216 e. The molecule has 2 rings (SSSR count). The number of carbonyl (C=O) groups is 1. The van der Waals surface area contributed by atoms with Gasteiger partial charge in [-0.05, 0) is 64.2 Å². The molecular formula is C22H34ClNO5S. The fourth-order valence-corrected chi connectivity index (χ4v) is 5.07. The topological polar surface area (TPSA) is 81.7 Å². The second-order valence-corrected chi connectivity index (χ2v) is 11.9. The number of ketones is 1. The number of ether oxygens (including phenoxy) is 2. The smallest absolute Gasteiger partial charge is 0.216 e. The third-order valence-electron chi connectivity index (χ3n) is 5.80. The molecule has 6 nitrogen and oxygen atoms in total. The number of methoxy groups -OCH3 is 2. The quantitative estimate of drug-likeness (QED) is 0.557. The van der Waals surface area contributed by atoms with Crippen molar-refractivity contribution < 1.29 is 22.7 Å². The van der Waals surface area contributed by atoms with E-state index >= 15 is 0 Å². The second-order valence-electron chi connectivity index (χ2n) is 8.95. The minimum Gasteiger partial charge on any atom is -0.355 e. The number of carbonyl (C=O) groups excluding carboxylic acids is 1. The number of halogens is 1. The van der Waals surface area contributed by atoms with Crippen LogP contribution < -0.4 is 4.72 Å². The lowest BCUT2D eigenvalue weighted by atomic mass is 9.80. The van der Waals surface area contributed by atoms with E-state index < -0.39 is 21.1 Å². The lowest BCUT2D eigenvalue weighted by Crippen LogP contribution is -2.46. The summed E-state index contributed by atoms with van der Waals surface area (Å²) < 4.78 is 37.6. The highest BCUT2D eigenvalue weighted by atomic mass is 35.5. The molecule has 1 atom stereocenters. The zero-order chi connectivity index (χ0) is 22.5. The van der Waals surface area contributed by atoms with Crippen LogP contribution in [-0.4, -0.2) is 45.5 Å². The van der Waals surface area contributed by atoms with Gasteiger partial charge in [0.2, 0.25) is 10.0 Å². The summed E-state index contributed by atoms with van der Waals surface area (Å²) in [4.78, 5) is 13.1. The largest absolute Gasteiger partial charge is 0.355 e. The highest BCUT2D eigenvalue weighted by molar-refractivity contribution is 7.90. The highest BCUT2D eigenvalue weighted by Crippen LogP contribution is 2.33. The first-order valence-corrected chi connectivity index (χ1v) is 12.2. The number of hydrogen-bond acceptors (Lipinski definition) is 5. The molecule has 0 radical (unpaired) electrons. The summed E-state index contributed by atoms with van der Waals surface area (Å²) in [5.74, 6) is -0.198. The molecular weight excluding hydrogens is 426 g/mol. The van der Waals surface area contributed by atoms with Gasteiger partial charge in [0.25, 0.3) is 0 Å². The van der Waals surface area contributed by atoms with Gasteiger partial charge >= 0.3 is 0 Å². The average molecular weight is 460 g/mol. The molecule has 1 N–H and O–H groups in total. The predicted octanol–water partition coefficient (Wildman–Crippen LogP) is 4.28. The Morgan fingerprint density at radius 3 is 2.27 bits per heavy atom. The Morgan fingerprint density at radius 2 is 1.77 bits per heavy atom. The monoisotopic (exact) mass is 459 g/mol.